The number of esters is 1. The Morgan fingerprint density at radius 2 is 1.81 bits per heavy atom. The van der Waals surface area contributed by atoms with Gasteiger partial charge in [-0.3, -0.25) is 9.69 Å². The molecular weight excluding hydrogens is 344 g/mol. The van der Waals surface area contributed by atoms with E-state index in [1.807, 2.05) is 31.2 Å². The van der Waals surface area contributed by atoms with Gasteiger partial charge in [-0.25, -0.2) is 9.79 Å². The number of anilines is 1. The van der Waals surface area contributed by atoms with Crippen molar-refractivity contribution in [1.29, 1.82) is 0 Å². The van der Waals surface area contributed by atoms with Crippen LogP contribution in [0.5, 0.6) is 0 Å². The second-order valence-corrected chi connectivity index (χ2v) is 7.00. The number of carbonyl (C=O) groups is 2. The van der Waals surface area contributed by atoms with Crippen molar-refractivity contribution in [2.45, 2.75) is 31.5 Å². The van der Waals surface area contributed by atoms with E-state index in [0.717, 1.165) is 11.1 Å². The molecule has 27 heavy (non-hydrogen) atoms. The number of methoxy groups -OCH3 is 1. The number of amides is 1. The molecular formula is C21H20N2O4. The summed E-state index contributed by atoms with van der Waals surface area (Å²) in [7, 11) is 1.25. The molecule has 0 saturated carbocycles. The maximum atomic E-state index is 13.0. The van der Waals surface area contributed by atoms with Crippen LogP contribution in [0.4, 0.5) is 5.69 Å². The van der Waals surface area contributed by atoms with Crippen molar-refractivity contribution in [2.75, 3.05) is 12.0 Å². The monoisotopic (exact) mass is 364 g/mol. The average molecular weight is 364 g/mol. The van der Waals surface area contributed by atoms with Gasteiger partial charge in [0.25, 0.3) is 0 Å². The van der Waals surface area contributed by atoms with Crippen LogP contribution in [0.2, 0.25) is 0 Å². The van der Waals surface area contributed by atoms with Crippen LogP contribution in [0.1, 0.15) is 30.0 Å². The van der Waals surface area contributed by atoms with Crippen molar-refractivity contribution in [3.63, 3.8) is 0 Å². The molecule has 0 saturated heterocycles. The molecule has 0 radical (unpaired) electrons. The predicted molar refractivity (Wildman–Crippen MR) is 101 cm³/mol. The number of benzene rings is 2. The van der Waals surface area contributed by atoms with E-state index < -0.39 is 17.2 Å². The summed E-state index contributed by atoms with van der Waals surface area (Å²) in [6.45, 7) is 3.35. The smallest absolute Gasteiger partial charge is 0.338 e. The summed E-state index contributed by atoms with van der Waals surface area (Å²) in [6.07, 6.45) is 0.0630. The molecule has 0 spiro atoms. The molecule has 2 aliphatic heterocycles. The molecule has 1 amide bonds. The number of aryl methyl sites for hydroxylation is 1. The summed E-state index contributed by atoms with van der Waals surface area (Å²) < 4.78 is 5.05. The first kappa shape index (κ1) is 17.4. The van der Waals surface area contributed by atoms with Gasteiger partial charge in [-0.15, -0.1) is 0 Å². The lowest BCUT2D eigenvalue weighted by atomic mass is 9.83. The minimum Gasteiger partial charge on any atom is -0.467 e. The van der Waals surface area contributed by atoms with Crippen LogP contribution in [-0.2, 0) is 20.1 Å². The van der Waals surface area contributed by atoms with E-state index in [2.05, 4.69) is 4.99 Å². The Hall–Kier alpha value is -2.99. The number of fused-ring (bicyclic) bond motifs is 3. The fourth-order valence-corrected chi connectivity index (χ4v) is 4.21. The first-order chi connectivity index (χ1) is 12.8. The summed E-state index contributed by atoms with van der Waals surface area (Å²) in [5.74, 6) is -1.05. The molecule has 0 bridgehead atoms. The third kappa shape index (κ3) is 2.13. The van der Waals surface area contributed by atoms with Crippen LogP contribution in [0.15, 0.2) is 53.5 Å². The topological polar surface area (TPSA) is 79.2 Å². The van der Waals surface area contributed by atoms with E-state index >= 15 is 0 Å². The second-order valence-electron chi connectivity index (χ2n) is 7.00. The first-order valence-electron chi connectivity index (χ1n) is 8.72. The highest BCUT2D eigenvalue weighted by Gasteiger charge is 2.71. The number of aliphatic hydroxyl groups is 1. The van der Waals surface area contributed by atoms with Crippen molar-refractivity contribution < 1.29 is 19.4 Å². The van der Waals surface area contributed by atoms with E-state index in [-0.39, 0.29) is 12.3 Å². The molecule has 2 aliphatic rings. The highest BCUT2D eigenvalue weighted by atomic mass is 16.5. The maximum absolute atomic E-state index is 13.0. The van der Waals surface area contributed by atoms with Crippen LogP contribution in [0.3, 0.4) is 0 Å². The Bertz CT molecular complexity index is 982. The summed E-state index contributed by atoms with van der Waals surface area (Å²) in [4.78, 5) is 31.5. The van der Waals surface area contributed by atoms with Gasteiger partial charge in [0.1, 0.15) is 0 Å². The lowest BCUT2D eigenvalue weighted by molar-refractivity contribution is -0.158. The SMILES string of the molecule is COC(=O)[C@]12CC(c3ccc(C)cc3)=N[C@@]1(O)c1ccccc1N2C(C)=O. The number of carbonyl (C=O) groups excluding carboxylic acids is 2. The average Bonchev–Trinajstić information content (AvgIpc) is 3.07. The fraction of sp³-hybridized carbons (Fsp3) is 0.286. The van der Waals surface area contributed by atoms with Crippen LogP contribution in [0.25, 0.3) is 0 Å². The molecule has 4 rings (SSSR count). The minimum atomic E-state index is -1.90. The fourth-order valence-electron chi connectivity index (χ4n) is 4.21. The molecule has 0 aliphatic carbocycles. The van der Waals surface area contributed by atoms with Gasteiger partial charge in [-0.2, -0.15) is 0 Å². The molecule has 6 nitrogen and oxygen atoms in total. The van der Waals surface area contributed by atoms with Crippen LogP contribution in [0, 0.1) is 6.92 Å². The summed E-state index contributed by atoms with van der Waals surface area (Å²) in [5.41, 5.74) is -0.205. The minimum absolute atomic E-state index is 0.0630. The van der Waals surface area contributed by atoms with E-state index in [4.69, 9.17) is 4.74 Å². The summed E-state index contributed by atoms with van der Waals surface area (Å²) in [6, 6.07) is 14.6. The standard InChI is InChI=1S/C21H20N2O4/c1-13-8-10-15(11-9-13)17-12-20(19(25)27-3)21(26,22-17)16-6-4-5-7-18(16)23(20)14(2)24/h4-11,26H,12H2,1-3H3/t20-,21-/m1/s1. The highest BCUT2D eigenvalue weighted by molar-refractivity contribution is 6.14. The van der Waals surface area contributed by atoms with Crippen molar-refractivity contribution in [3.8, 4) is 0 Å². The number of aliphatic imine (C=N–C) groups is 1. The molecule has 2 atom stereocenters. The zero-order valence-electron chi connectivity index (χ0n) is 15.4. The highest BCUT2D eigenvalue weighted by Crippen LogP contribution is 2.57. The van der Waals surface area contributed by atoms with Crippen LogP contribution >= 0.6 is 0 Å². The number of ether oxygens (including phenoxy) is 1. The van der Waals surface area contributed by atoms with E-state index in [9.17, 15) is 14.7 Å². The maximum Gasteiger partial charge on any atom is 0.338 e. The van der Waals surface area contributed by atoms with Gasteiger partial charge in [0.2, 0.25) is 17.2 Å². The Labute approximate surface area is 157 Å². The van der Waals surface area contributed by atoms with Gasteiger partial charge >= 0.3 is 5.97 Å². The molecule has 2 heterocycles. The van der Waals surface area contributed by atoms with Gasteiger partial charge in [0.15, 0.2) is 0 Å². The third-order valence-corrected chi connectivity index (χ3v) is 5.42. The normalized spacial score (nSPS) is 25.6. The summed E-state index contributed by atoms with van der Waals surface area (Å²) >= 11 is 0. The van der Waals surface area contributed by atoms with Crippen LogP contribution < -0.4 is 4.90 Å². The number of nitrogens with zero attached hydrogens (tertiary/aromatic N) is 2. The Morgan fingerprint density at radius 3 is 2.44 bits per heavy atom. The van der Waals surface area contributed by atoms with Gasteiger partial charge in [-0.05, 0) is 18.6 Å². The van der Waals surface area contributed by atoms with Crippen molar-refractivity contribution >= 4 is 23.3 Å². The van der Waals surface area contributed by atoms with Crippen molar-refractivity contribution in [1.82, 2.24) is 0 Å². The number of hydrogen-bond donors (Lipinski definition) is 1. The lowest BCUT2D eigenvalue weighted by Gasteiger charge is -2.38. The molecule has 138 valence electrons. The second kappa shape index (κ2) is 5.76. The largest absolute Gasteiger partial charge is 0.467 e. The molecule has 0 unspecified atom stereocenters. The molecule has 6 heteroatoms. The molecule has 0 fully saturated rings. The number of rotatable bonds is 2. The Morgan fingerprint density at radius 1 is 1.15 bits per heavy atom. The van der Waals surface area contributed by atoms with E-state index in [0.29, 0.717) is 17.0 Å². The third-order valence-electron chi connectivity index (χ3n) is 5.42. The van der Waals surface area contributed by atoms with Crippen molar-refractivity contribution in [3.05, 3.63) is 65.2 Å². The molecule has 1 N–H and O–H groups in total. The number of hydrogen-bond acceptors (Lipinski definition) is 5. The first-order valence-corrected chi connectivity index (χ1v) is 8.72. The molecule has 2 aromatic rings. The Kier molecular flexibility index (Phi) is 3.71. The quantitative estimate of drug-likeness (QED) is 0.830. The predicted octanol–water partition coefficient (Wildman–Crippen LogP) is 2.31. The molecule has 2 aromatic carbocycles. The van der Waals surface area contributed by atoms with Gasteiger partial charge in [0.05, 0.1) is 12.8 Å². The zero-order chi connectivity index (χ0) is 19.4. The van der Waals surface area contributed by atoms with E-state index in [1.165, 1.54) is 18.9 Å². The zero-order valence-corrected chi connectivity index (χ0v) is 15.4. The van der Waals surface area contributed by atoms with Crippen molar-refractivity contribution in [2.24, 2.45) is 4.99 Å². The van der Waals surface area contributed by atoms with Gasteiger partial charge < -0.3 is 9.84 Å². The van der Waals surface area contributed by atoms with Crippen LogP contribution in [-0.4, -0.2) is 35.3 Å². The van der Waals surface area contributed by atoms with Gasteiger partial charge in [-0.1, -0.05) is 48.0 Å². The lowest BCUT2D eigenvalue weighted by Crippen LogP contribution is -2.62. The molecule has 0 aromatic heterocycles. The van der Waals surface area contributed by atoms with E-state index in [1.54, 1.807) is 24.3 Å². The Balaban J connectivity index is 1.98. The summed E-state index contributed by atoms with van der Waals surface area (Å²) in [5, 5.41) is 11.7. The van der Waals surface area contributed by atoms with Gasteiger partial charge in [0, 0.05) is 24.6 Å². The number of para-hydroxylation sites is 1.